The van der Waals surface area contributed by atoms with Gasteiger partial charge in [0.25, 0.3) is 5.78 Å². The van der Waals surface area contributed by atoms with E-state index in [0.29, 0.717) is 10.9 Å². The summed E-state index contributed by atoms with van der Waals surface area (Å²) in [6, 6.07) is 0. The Kier molecular flexibility index (Phi) is 1.04. The third kappa shape index (κ3) is 0.640. The maximum atomic E-state index is 5.66. The molecule has 0 aliphatic carbocycles. The summed E-state index contributed by atoms with van der Waals surface area (Å²) in [4.78, 5) is 3.77. The van der Waals surface area contributed by atoms with Crippen LogP contribution in [0.2, 0.25) is 5.15 Å². The van der Waals surface area contributed by atoms with E-state index in [1.165, 1.54) is 17.0 Å². The molecule has 2 rings (SSSR count). The Morgan fingerprint density at radius 2 is 2.40 bits per heavy atom. The van der Waals surface area contributed by atoms with Gasteiger partial charge in [-0.25, -0.2) is 0 Å². The molecule has 0 saturated carbocycles. The van der Waals surface area contributed by atoms with Crippen LogP contribution in [0.3, 0.4) is 0 Å². The summed E-state index contributed by atoms with van der Waals surface area (Å²) in [6.45, 7) is 0. The van der Waals surface area contributed by atoms with Crippen molar-refractivity contribution < 1.29 is 0 Å². The lowest BCUT2D eigenvalue weighted by Crippen LogP contribution is -1.93. The summed E-state index contributed by atoms with van der Waals surface area (Å²) < 4.78 is 1.40. The molecule has 0 fully saturated rings. The third-order valence-electron chi connectivity index (χ3n) is 1.04. The van der Waals surface area contributed by atoms with E-state index in [9.17, 15) is 0 Å². The van der Waals surface area contributed by atoms with Crippen LogP contribution in [0, 0.1) is 0 Å². The number of halogens is 1. The lowest BCUT2D eigenvalue weighted by atomic mass is 10.9. The average molecular weight is 156 g/mol. The molecule has 0 aliphatic heterocycles. The minimum Gasteiger partial charge on any atom is -0.196 e. The van der Waals surface area contributed by atoms with Gasteiger partial charge in [-0.2, -0.15) is 19.7 Å². The van der Waals surface area contributed by atoms with Crippen LogP contribution in [0.15, 0.2) is 12.5 Å². The van der Waals surface area contributed by atoms with E-state index < -0.39 is 0 Å². The van der Waals surface area contributed by atoms with Gasteiger partial charge in [0.2, 0.25) is 0 Å². The van der Waals surface area contributed by atoms with Crippen molar-refractivity contribution in [3.63, 3.8) is 0 Å². The van der Waals surface area contributed by atoms with Gasteiger partial charge >= 0.3 is 0 Å². The molecule has 6 heteroatoms. The highest BCUT2D eigenvalue weighted by Gasteiger charge is 1.98. The van der Waals surface area contributed by atoms with Crippen molar-refractivity contribution in [2.75, 3.05) is 0 Å². The van der Waals surface area contributed by atoms with Crippen LogP contribution in [-0.4, -0.2) is 24.8 Å². The second-order valence-corrected chi connectivity index (χ2v) is 2.03. The van der Waals surface area contributed by atoms with E-state index in [2.05, 4.69) is 20.3 Å². The van der Waals surface area contributed by atoms with Gasteiger partial charge in [0.1, 0.15) is 6.33 Å². The van der Waals surface area contributed by atoms with Gasteiger partial charge in [0.15, 0.2) is 5.15 Å². The Labute approximate surface area is 60.7 Å². The molecule has 50 valence electrons. The SMILES string of the molecule is Clc1cnnc2ncnn12. The highest BCUT2D eigenvalue weighted by Crippen LogP contribution is 2.03. The number of fused-ring (bicyclic) bond motifs is 1. The van der Waals surface area contributed by atoms with Gasteiger partial charge in [0.05, 0.1) is 6.20 Å². The minimum absolute atomic E-state index is 0.405. The van der Waals surface area contributed by atoms with Crippen LogP contribution in [0.25, 0.3) is 5.78 Å². The number of aromatic nitrogens is 5. The van der Waals surface area contributed by atoms with Crippen molar-refractivity contribution in [2.45, 2.75) is 0 Å². The van der Waals surface area contributed by atoms with Gasteiger partial charge < -0.3 is 0 Å². The summed E-state index contributed by atoms with van der Waals surface area (Å²) in [6.07, 6.45) is 2.78. The Balaban J connectivity index is 2.95. The molecule has 0 radical (unpaired) electrons. The molecular weight excluding hydrogens is 154 g/mol. The predicted octanol–water partition coefficient (Wildman–Crippen LogP) is 0.173. The molecule has 10 heavy (non-hydrogen) atoms. The normalized spacial score (nSPS) is 10.5. The van der Waals surface area contributed by atoms with Crippen molar-refractivity contribution >= 4 is 17.4 Å². The predicted molar refractivity (Wildman–Crippen MR) is 33.6 cm³/mol. The lowest BCUT2D eigenvalue weighted by Gasteiger charge is -1.89. The number of hydrogen-bond donors (Lipinski definition) is 0. The molecule has 0 N–H and O–H groups in total. The molecule has 2 aromatic heterocycles. The first-order valence-corrected chi connectivity index (χ1v) is 2.92. The summed E-state index contributed by atoms with van der Waals surface area (Å²) in [5.74, 6) is 0.410. The maximum absolute atomic E-state index is 5.66. The molecule has 0 aliphatic rings. The molecule has 0 amide bonds. The molecule has 0 aromatic carbocycles. The van der Waals surface area contributed by atoms with Crippen molar-refractivity contribution in [1.29, 1.82) is 0 Å². The van der Waals surface area contributed by atoms with Crippen molar-refractivity contribution in [3.8, 4) is 0 Å². The highest BCUT2D eigenvalue weighted by atomic mass is 35.5. The fourth-order valence-corrected chi connectivity index (χ4v) is 0.800. The summed E-state index contributed by atoms with van der Waals surface area (Å²) in [7, 11) is 0. The second-order valence-electron chi connectivity index (χ2n) is 1.64. The Morgan fingerprint density at radius 1 is 1.50 bits per heavy atom. The van der Waals surface area contributed by atoms with Crippen LogP contribution >= 0.6 is 11.6 Å². The highest BCUT2D eigenvalue weighted by molar-refractivity contribution is 6.29. The lowest BCUT2D eigenvalue weighted by molar-refractivity contribution is 0.887. The van der Waals surface area contributed by atoms with E-state index in [0.717, 1.165) is 0 Å². The van der Waals surface area contributed by atoms with Crippen molar-refractivity contribution in [3.05, 3.63) is 17.7 Å². The largest absolute Gasteiger partial charge is 0.273 e. The first kappa shape index (κ1) is 5.55. The molecule has 0 saturated heterocycles. The van der Waals surface area contributed by atoms with E-state index in [1.807, 2.05) is 0 Å². The van der Waals surface area contributed by atoms with Gasteiger partial charge in [-0.1, -0.05) is 11.6 Å². The molecule has 5 nitrogen and oxygen atoms in total. The van der Waals surface area contributed by atoms with Crippen LogP contribution < -0.4 is 0 Å². The topological polar surface area (TPSA) is 56.0 Å². The zero-order chi connectivity index (χ0) is 6.97. The fraction of sp³-hybridized carbons (Fsp3) is 0. The number of hydrogen-bond acceptors (Lipinski definition) is 4. The Morgan fingerprint density at radius 3 is 3.20 bits per heavy atom. The Bertz CT molecular complexity index is 355. The molecule has 2 aromatic rings. The van der Waals surface area contributed by atoms with Crippen molar-refractivity contribution in [1.82, 2.24) is 24.8 Å². The molecule has 0 unspecified atom stereocenters. The quantitative estimate of drug-likeness (QED) is 0.544. The van der Waals surface area contributed by atoms with Crippen LogP contribution in [0.1, 0.15) is 0 Å². The second kappa shape index (κ2) is 1.88. The van der Waals surface area contributed by atoms with E-state index in [1.54, 1.807) is 0 Å². The molecule has 2 heterocycles. The van der Waals surface area contributed by atoms with E-state index in [4.69, 9.17) is 11.6 Å². The number of rotatable bonds is 0. The first-order valence-electron chi connectivity index (χ1n) is 2.55. The third-order valence-corrected chi connectivity index (χ3v) is 1.30. The van der Waals surface area contributed by atoms with Crippen LogP contribution in [0.5, 0.6) is 0 Å². The maximum Gasteiger partial charge on any atom is 0.273 e. The summed E-state index contributed by atoms with van der Waals surface area (Å²) >= 11 is 5.66. The van der Waals surface area contributed by atoms with Gasteiger partial charge in [-0.15, -0.1) is 5.10 Å². The van der Waals surface area contributed by atoms with Gasteiger partial charge in [0, 0.05) is 0 Å². The zero-order valence-corrected chi connectivity index (χ0v) is 5.52. The zero-order valence-electron chi connectivity index (χ0n) is 4.77. The molecule has 0 atom stereocenters. The minimum atomic E-state index is 0.405. The smallest absolute Gasteiger partial charge is 0.196 e. The average Bonchev–Trinajstić information content (AvgIpc) is 2.36. The van der Waals surface area contributed by atoms with Crippen LogP contribution in [0.4, 0.5) is 0 Å². The summed E-state index contributed by atoms with van der Waals surface area (Å²) in [5.41, 5.74) is 0. The van der Waals surface area contributed by atoms with Gasteiger partial charge in [-0.3, -0.25) is 0 Å². The Hall–Kier alpha value is -1.23. The van der Waals surface area contributed by atoms with Crippen LogP contribution in [-0.2, 0) is 0 Å². The first-order chi connectivity index (χ1) is 4.88. The van der Waals surface area contributed by atoms with Crippen molar-refractivity contribution in [2.24, 2.45) is 0 Å². The number of nitrogens with zero attached hydrogens (tertiary/aromatic N) is 5. The van der Waals surface area contributed by atoms with Gasteiger partial charge in [-0.05, 0) is 0 Å². The van der Waals surface area contributed by atoms with E-state index >= 15 is 0 Å². The monoisotopic (exact) mass is 155 g/mol. The fourth-order valence-electron chi connectivity index (χ4n) is 0.637. The van der Waals surface area contributed by atoms with E-state index in [-0.39, 0.29) is 0 Å². The molecular formula is C4H2ClN5. The molecule has 0 bridgehead atoms. The standard InChI is InChI=1S/C4H2ClN5/c5-3-1-7-9-4-6-2-8-10(3)4/h1-2H. The summed E-state index contributed by atoms with van der Waals surface area (Å²) in [5, 5.41) is 11.4. The molecule has 0 spiro atoms.